The molecule has 0 amide bonds. The second-order valence-electron chi connectivity index (χ2n) is 6.42. The number of nitrogens with one attached hydrogen (secondary N) is 1. The van der Waals surface area contributed by atoms with Crippen LogP contribution in [-0.2, 0) is 6.42 Å². The van der Waals surface area contributed by atoms with Gasteiger partial charge in [-0.15, -0.1) is 0 Å². The SMILES string of the molecule is CCc1cc2ccc(/C(C#N)=C/c3nc(C#N)cc(N(C)C)n3)cc2[nH]c1=O. The summed E-state index contributed by atoms with van der Waals surface area (Å²) in [4.78, 5) is 25.2. The molecule has 0 saturated carbocycles. The van der Waals surface area contributed by atoms with Crippen molar-refractivity contribution < 1.29 is 0 Å². The zero-order chi connectivity index (χ0) is 20.3. The van der Waals surface area contributed by atoms with E-state index in [0.29, 0.717) is 34.5 Å². The lowest BCUT2D eigenvalue weighted by molar-refractivity contribution is 1.02. The number of allylic oxidation sites excluding steroid dienone is 1. The molecule has 1 aromatic carbocycles. The third-order valence-electron chi connectivity index (χ3n) is 4.31. The molecule has 0 bridgehead atoms. The first-order valence-corrected chi connectivity index (χ1v) is 8.69. The second-order valence-corrected chi connectivity index (χ2v) is 6.42. The van der Waals surface area contributed by atoms with Gasteiger partial charge in [0.25, 0.3) is 5.56 Å². The largest absolute Gasteiger partial charge is 0.363 e. The number of H-pyrrole nitrogens is 1. The Labute approximate surface area is 162 Å². The molecule has 0 spiro atoms. The highest BCUT2D eigenvalue weighted by Gasteiger charge is 2.09. The lowest BCUT2D eigenvalue weighted by Crippen LogP contribution is -2.12. The fraction of sp³-hybridized carbons (Fsp3) is 0.190. The predicted octanol–water partition coefficient (Wildman–Crippen LogP) is 2.88. The van der Waals surface area contributed by atoms with Gasteiger partial charge in [-0.2, -0.15) is 10.5 Å². The number of hydrogen-bond donors (Lipinski definition) is 1. The number of hydrogen-bond acceptors (Lipinski definition) is 6. The summed E-state index contributed by atoms with van der Waals surface area (Å²) in [5, 5.41) is 19.7. The zero-order valence-corrected chi connectivity index (χ0v) is 15.8. The van der Waals surface area contributed by atoms with Crippen LogP contribution in [0.1, 0.15) is 29.6 Å². The molecule has 2 aromatic heterocycles. The van der Waals surface area contributed by atoms with Crippen LogP contribution in [0.2, 0.25) is 0 Å². The van der Waals surface area contributed by atoms with E-state index in [2.05, 4.69) is 21.0 Å². The van der Waals surface area contributed by atoms with Gasteiger partial charge in [0.1, 0.15) is 17.6 Å². The van der Waals surface area contributed by atoms with Crippen LogP contribution in [0.4, 0.5) is 5.82 Å². The lowest BCUT2D eigenvalue weighted by atomic mass is 10.0. The number of fused-ring (bicyclic) bond motifs is 1. The fourth-order valence-corrected chi connectivity index (χ4v) is 2.79. The average Bonchev–Trinajstić information content (AvgIpc) is 2.70. The van der Waals surface area contributed by atoms with Gasteiger partial charge in [0, 0.05) is 37.3 Å². The molecule has 0 saturated heterocycles. The predicted molar refractivity (Wildman–Crippen MR) is 109 cm³/mol. The van der Waals surface area contributed by atoms with Crippen LogP contribution < -0.4 is 10.5 Å². The van der Waals surface area contributed by atoms with E-state index in [1.807, 2.05) is 45.3 Å². The molecular weight excluding hydrogens is 352 g/mol. The van der Waals surface area contributed by atoms with Gasteiger partial charge in [-0.1, -0.05) is 19.1 Å². The van der Waals surface area contributed by atoms with E-state index in [9.17, 15) is 15.3 Å². The van der Waals surface area contributed by atoms with E-state index in [1.165, 1.54) is 6.08 Å². The monoisotopic (exact) mass is 370 g/mol. The van der Waals surface area contributed by atoms with Crippen LogP contribution in [-0.4, -0.2) is 29.0 Å². The van der Waals surface area contributed by atoms with Gasteiger partial charge in [-0.3, -0.25) is 4.79 Å². The highest BCUT2D eigenvalue weighted by molar-refractivity contribution is 5.92. The summed E-state index contributed by atoms with van der Waals surface area (Å²) in [6.45, 7) is 1.93. The summed E-state index contributed by atoms with van der Waals surface area (Å²) in [5.41, 5.74) is 2.43. The number of pyridine rings is 1. The van der Waals surface area contributed by atoms with E-state index in [4.69, 9.17) is 0 Å². The van der Waals surface area contributed by atoms with Crippen LogP contribution in [0.15, 0.2) is 35.1 Å². The highest BCUT2D eigenvalue weighted by Crippen LogP contribution is 2.22. The number of anilines is 1. The van der Waals surface area contributed by atoms with Gasteiger partial charge in [-0.25, -0.2) is 9.97 Å². The van der Waals surface area contributed by atoms with Crippen molar-refractivity contribution in [2.75, 3.05) is 19.0 Å². The Hall–Kier alpha value is -3.97. The first kappa shape index (κ1) is 18.8. The molecule has 7 heteroatoms. The van der Waals surface area contributed by atoms with Gasteiger partial charge in [0.15, 0.2) is 5.82 Å². The van der Waals surface area contributed by atoms with Crippen LogP contribution in [0.5, 0.6) is 0 Å². The minimum atomic E-state index is -0.129. The van der Waals surface area contributed by atoms with Crippen molar-refractivity contribution in [2.24, 2.45) is 0 Å². The van der Waals surface area contributed by atoms with Crippen LogP contribution in [0.3, 0.4) is 0 Å². The van der Waals surface area contributed by atoms with Crippen molar-refractivity contribution in [3.8, 4) is 12.1 Å². The second kappa shape index (κ2) is 7.73. The third-order valence-corrected chi connectivity index (χ3v) is 4.31. The number of benzene rings is 1. The van der Waals surface area contributed by atoms with E-state index in [-0.39, 0.29) is 17.1 Å². The maximum Gasteiger partial charge on any atom is 0.251 e. The Bertz CT molecular complexity index is 1220. The molecule has 28 heavy (non-hydrogen) atoms. The summed E-state index contributed by atoms with van der Waals surface area (Å²) < 4.78 is 0. The quantitative estimate of drug-likeness (QED) is 0.707. The first-order valence-electron chi connectivity index (χ1n) is 8.69. The van der Waals surface area contributed by atoms with Crippen molar-refractivity contribution in [2.45, 2.75) is 13.3 Å². The molecule has 2 heterocycles. The van der Waals surface area contributed by atoms with Gasteiger partial charge in [-0.05, 0) is 29.5 Å². The first-order chi connectivity index (χ1) is 13.4. The summed E-state index contributed by atoms with van der Waals surface area (Å²) >= 11 is 0. The maximum atomic E-state index is 12.1. The van der Waals surface area contributed by atoms with Crippen LogP contribution in [0, 0.1) is 22.7 Å². The number of nitrogens with zero attached hydrogens (tertiary/aromatic N) is 5. The van der Waals surface area contributed by atoms with E-state index < -0.39 is 0 Å². The molecule has 0 fully saturated rings. The Morgan fingerprint density at radius 3 is 2.64 bits per heavy atom. The van der Waals surface area contributed by atoms with Gasteiger partial charge in [0.05, 0.1) is 11.6 Å². The molecule has 3 rings (SSSR count). The standard InChI is InChI=1S/C21H18N6O/c1-4-13-7-15-6-5-14(8-18(15)25-21(13)28)16(11-22)9-19-24-17(12-23)10-20(26-19)27(2)3/h5-10H,4H2,1-3H3,(H,25,28)/b16-9+. The molecule has 0 radical (unpaired) electrons. The summed E-state index contributed by atoms with van der Waals surface area (Å²) in [6.07, 6.45) is 2.19. The Morgan fingerprint density at radius 2 is 2.00 bits per heavy atom. The van der Waals surface area contributed by atoms with Crippen molar-refractivity contribution in [1.82, 2.24) is 15.0 Å². The molecule has 3 aromatic rings. The Balaban J connectivity index is 2.11. The minimum absolute atomic E-state index is 0.129. The van der Waals surface area contributed by atoms with Gasteiger partial charge < -0.3 is 9.88 Å². The summed E-state index contributed by atoms with van der Waals surface area (Å²) in [6, 6.07) is 13.0. The smallest absolute Gasteiger partial charge is 0.251 e. The van der Waals surface area contributed by atoms with E-state index in [0.717, 1.165) is 5.39 Å². The Morgan fingerprint density at radius 1 is 1.21 bits per heavy atom. The molecule has 0 unspecified atom stereocenters. The van der Waals surface area contributed by atoms with Crippen LogP contribution in [0.25, 0.3) is 22.6 Å². The minimum Gasteiger partial charge on any atom is -0.363 e. The zero-order valence-electron chi connectivity index (χ0n) is 15.8. The lowest BCUT2D eigenvalue weighted by Gasteiger charge is -2.11. The number of aromatic amines is 1. The van der Waals surface area contributed by atoms with Crippen molar-refractivity contribution in [1.29, 1.82) is 10.5 Å². The maximum absolute atomic E-state index is 12.1. The normalized spacial score (nSPS) is 11.1. The number of aryl methyl sites for hydroxylation is 1. The van der Waals surface area contributed by atoms with Gasteiger partial charge >= 0.3 is 0 Å². The van der Waals surface area contributed by atoms with Crippen molar-refractivity contribution in [3.63, 3.8) is 0 Å². The summed E-state index contributed by atoms with van der Waals surface area (Å²) in [7, 11) is 3.62. The molecule has 0 aliphatic carbocycles. The molecule has 1 N–H and O–H groups in total. The number of rotatable bonds is 4. The number of aromatic nitrogens is 3. The van der Waals surface area contributed by atoms with E-state index >= 15 is 0 Å². The van der Waals surface area contributed by atoms with Crippen molar-refractivity contribution in [3.05, 3.63) is 63.3 Å². The summed E-state index contributed by atoms with van der Waals surface area (Å²) in [5.74, 6) is 0.847. The van der Waals surface area contributed by atoms with Crippen LogP contribution >= 0.6 is 0 Å². The third kappa shape index (κ3) is 3.74. The molecule has 0 aliphatic heterocycles. The fourth-order valence-electron chi connectivity index (χ4n) is 2.79. The highest BCUT2D eigenvalue weighted by atomic mass is 16.1. The average molecular weight is 370 g/mol. The molecular formula is C21H18N6O. The topological polar surface area (TPSA) is 109 Å². The van der Waals surface area contributed by atoms with Crippen molar-refractivity contribution >= 4 is 28.4 Å². The van der Waals surface area contributed by atoms with E-state index in [1.54, 1.807) is 17.0 Å². The molecule has 7 nitrogen and oxygen atoms in total. The van der Waals surface area contributed by atoms with Gasteiger partial charge in [0.2, 0.25) is 0 Å². The molecule has 0 atom stereocenters. The molecule has 0 aliphatic rings. The Kier molecular flexibility index (Phi) is 5.19. The number of nitriles is 2. The molecule has 138 valence electrons.